The topological polar surface area (TPSA) is 17.2 Å². The summed E-state index contributed by atoms with van der Waals surface area (Å²) < 4.78 is 0. The van der Waals surface area contributed by atoms with Gasteiger partial charge in [-0.15, -0.1) is 35.4 Å². The van der Waals surface area contributed by atoms with Gasteiger partial charge >= 0.3 is 0 Å². The second kappa shape index (κ2) is 8.97. The first-order valence-electron chi connectivity index (χ1n) is 9.18. The summed E-state index contributed by atoms with van der Waals surface area (Å²) in [4.78, 5) is 8.26. The quantitative estimate of drug-likeness (QED) is 0.250. The van der Waals surface area contributed by atoms with Gasteiger partial charge in [0.1, 0.15) is 0 Å². The van der Waals surface area contributed by atoms with Gasteiger partial charge in [-0.2, -0.15) is 0 Å². The summed E-state index contributed by atoms with van der Waals surface area (Å²) in [6.07, 6.45) is 1.91. The van der Waals surface area contributed by atoms with Gasteiger partial charge in [-0.25, -0.2) is 4.85 Å². The van der Waals surface area contributed by atoms with Crippen molar-refractivity contribution in [3.05, 3.63) is 108 Å². The molecule has 0 aliphatic heterocycles. The van der Waals surface area contributed by atoms with Crippen LogP contribution in [0.1, 0.15) is 11.1 Å². The Balaban J connectivity index is 0.00000240. The van der Waals surface area contributed by atoms with Crippen molar-refractivity contribution < 1.29 is 20.1 Å². The van der Waals surface area contributed by atoms with Crippen LogP contribution in [-0.4, -0.2) is 4.98 Å². The molecule has 0 unspecified atom stereocenters. The van der Waals surface area contributed by atoms with E-state index in [4.69, 9.17) is 11.6 Å². The number of rotatable bonds is 3. The van der Waals surface area contributed by atoms with Crippen LogP contribution < -0.4 is 0 Å². The molecule has 0 N–H and O–H groups in total. The second-order valence-electron chi connectivity index (χ2n) is 6.85. The van der Waals surface area contributed by atoms with Gasteiger partial charge < -0.3 is 4.98 Å². The molecular formula is C26H19IrN2-. The Morgan fingerprint density at radius 1 is 0.828 bits per heavy atom. The van der Waals surface area contributed by atoms with E-state index >= 15 is 0 Å². The largest absolute Gasteiger partial charge is 0.304 e. The molecule has 3 heteroatoms. The third kappa shape index (κ3) is 4.35. The number of aryl methyl sites for hydroxylation is 2. The zero-order valence-electron chi connectivity index (χ0n) is 16.2. The first-order valence-corrected chi connectivity index (χ1v) is 9.18. The Morgan fingerprint density at radius 3 is 2.34 bits per heavy atom. The van der Waals surface area contributed by atoms with Crippen molar-refractivity contribution in [2.75, 3.05) is 0 Å². The van der Waals surface area contributed by atoms with Gasteiger partial charge in [-0.1, -0.05) is 48.5 Å². The molecule has 0 saturated carbocycles. The second-order valence-corrected chi connectivity index (χ2v) is 6.85. The minimum atomic E-state index is 0. The molecule has 0 spiro atoms. The van der Waals surface area contributed by atoms with E-state index in [9.17, 15) is 0 Å². The summed E-state index contributed by atoms with van der Waals surface area (Å²) >= 11 is 0. The number of nitrogens with zero attached hydrogens (tertiary/aromatic N) is 2. The van der Waals surface area contributed by atoms with E-state index in [1.165, 1.54) is 5.56 Å². The zero-order valence-corrected chi connectivity index (χ0v) is 18.6. The van der Waals surface area contributed by atoms with Gasteiger partial charge in [0, 0.05) is 31.9 Å². The van der Waals surface area contributed by atoms with Gasteiger partial charge in [0.2, 0.25) is 0 Å². The zero-order chi connectivity index (χ0) is 19.5. The van der Waals surface area contributed by atoms with Gasteiger partial charge in [0.05, 0.1) is 6.57 Å². The minimum absolute atomic E-state index is 0. The van der Waals surface area contributed by atoms with Gasteiger partial charge in [0.15, 0.2) is 5.69 Å². The standard InChI is InChI=1S/C26H19N2.Ir/c1-18-12-13-23(27-3)16-24(18)25-17-28-26(14-19(25)2)22-11-7-10-21(15-22)20-8-5-4-6-9-20;/h4-10,12-17H,1-2H3;/q-1;. The van der Waals surface area contributed by atoms with Crippen molar-refractivity contribution in [1.82, 2.24) is 4.98 Å². The molecule has 4 aromatic rings. The molecule has 4 rings (SSSR count). The van der Waals surface area contributed by atoms with Gasteiger partial charge in [0.25, 0.3) is 0 Å². The van der Waals surface area contributed by atoms with Crippen LogP contribution in [0.15, 0.2) is 79.0 Å². The number of hydrogen-bond donors (Lipinski definition) is 0. The number of benzene rings is 3. The molecule has 2 nitrogen and oxygen atoms in total. The van der Waals surface area contributed by atoms with E-state index in [1.807, 2.05) is 48.7 Å². The third-order valence-corrected chi connectivity index (χ3v) is 4.94. The summed E-state index contributed by atoms with van der Waals surface area (Å²) in [5.41, 5.74) is 9.25. The summed E-state index contributed by atoms with van der Waals surface area (Å²) in [6.45, 7) is 11.4. The molecule has 0 bridgehead atoms. The average molecular weight is 552 g/mol. The van der Waals surface area contributed by atoms with E-state index in [2.05, 4.69) is 55.1 Å². The maximum absolute atomic E-state index is 7.27. The Labute approximate surface area is 185 Å². The summed E-state index contributed by atoms with van der Waals surface area (Å²) in [5.74, 6) is 0. The number of aromatic nitrogens is 1. The van der Waals surface area contributed by atoms with E-state index in [1.54, 1.807) is 0 Å². The van der Waals surface area contributed by atoms with Crippen LogP contribution in [0.4, 0.5) is 5.69 Å². The molecule has 1 radical (unpaired) electrons. The third-order valence-electron chi connectivity index (χ3n) is 4.94. The van der Waals surface area contributed by atoms with Gasteiger partial charge in [-0.05, 0) is 47.9 Å². The fraction of sp³-hybridized carbons (Fsp3) is 0.0769. The molecule has 0 amide bonds. The Morgan fingerprint density at radius 2 is 1.62 bits per heavy atom. The monoisotopic (exact) mass is 552 g/mol. The molecule has 29 heavy (non-hydrogen) atoms. The molecule has 0 aliphatic carbocycles. The SMILES string of the molecule is [C-]#[N+]c1ccc(C)c(-c2cnc(-c3[c-]ccc(-c4ccccc4)c3)cc2C)c1.[Ir]. The molecule has 1 heterocycles. The van der Waals surface area contributed by atoms with Gasteiger partial charge in [-0.3, -0.25) is 0 Å². The van der Waals surface area contributed by atoms with Crippen LogP contribution in [-0.2, 0) is 20.1 Å². The maximum Gasteiger partial charge on any atom is 0.187 e. The summed E-state index contributed by atoms with van der Waals surface area (Å²) in [5, 5.41) is 0. The normalized spacial score (nSPS) is 10.1. The van der Waals surface area contributed by atoms with Crippen LogP contribution >= 0.6 is 0 Å². The molecule has 1 aromatic heterocycles. The van der Waals surface area contributed by atoms with Crippen LogP contribution in [0.3, 0.4) is 0 Å². The summed E-state index contributed by atoms with van der Waals surface area (Å²) in [6, 6.07) is 27.7. The van der Waals surface area contributed by atoms with Crippen molar-refractivity contribution in [3.63, 3.8) is 0 Å². The van der Waals surface area contributed by atoms with Crippen molar-refractivity contribution in [1.29, 1.82) is 0 Å². The molecule has 143 valence electrons. The van der Waals surface area contributed by atoms with Crippen LogP contribution in [0.2, 0.25) is 0 Å². The molecule has 0 atom stereocenters. The Kier molecular flexibility index (Phi) is 6.39. The number of pyridine rings is 1. The molecule has 0 fully saturated rings. The maximum atomic E-state index is 7.27. The average Bonchev–Trinajstić information content (AvgIpc) is 2.75. The van der Waals surface area contributed by atoms with Crippen molar-refractivity contribution in [2.45, 2.75) is 13.8 Å². The number of hydrogen-bond acceptors (Lipinski definition) is 1. The van der Waals surface area contributed by atoms with Crippen LogP contribution in [0.25, 0.3) is 38.4 Å². The predicted molar refractivity (Wildman–Crippen MR) is 115 cm³/mol. The fourth-order valence-electron chi connectivity index (χ4n) is 3.38. The Hall–Kier alpha value is -3.05. The molecule has 0 saturated heterocycles. The van der Waals surface area contributed by atoms with Crippen molar-refractivity contribution in [2.24, 2.45) is 0 Å². The van der Waals surface area contributed by atoms with E-state index in [0.29, 0.717) is 5.69 Å². The molecule has 3 aromatic carbocycles. The van der Waals surface area contributed by atoms with E-state index < -0.39 is 0 Å². The van der Waals surface area contributed by atoms with Crippen molar-refractivity contribution >= 4 is 5.69 Å². The smallest absolute Gasteiger partial charge is 0.187 e. The molecule has 0 aliphatic rings. The van der Waals surface area contributed by atoms with E-state index in [0.717, 1.165) is 39.1 Å². The first-order chi connectivity index (χ1) is 13.7. The van der Waals surface area contributed by atoms with E-state index in [-0.39, 0.29) is 20.1 Å². The van der Waals surface area contributed by atoms with Crippen molar-refractivity contribution in [3.8, 4) is 33.5 Å². The minimum Gasteiger partial charge on any atom is -0.304 e. The summed E-state index contributed by atoms with van der Waals surface area (Å²) in [7, 11) is 0. The Bertz CT molecular complexity index is 1190. The van der Waals surface area contributed by atoms with Crippen LogP contribution in [0, 0.1) is 26.5 Å². The molecular weight excluding hydrogens is 533 g/mol. The van der Waals surface area contributed by atoms with Crippen LogP contribution in [0.5, 0.6) is 0 Å². The fourth-order valence-corrected chi connectivity index (χ4v) is 3.38. The first kappa shape index (κ1) is 20.7. The predicted octanol–water partition coefficient (Wildman–Crippen LogP) is 7.05.